The van der Waals surface area contributed by atoms with Crippen LogP contribution in [0.25, 0.3) is 0 Å². The van der Waals surface area contributed by atoms with Crippen molar-refractivity contribution in [2.45, 2.75) is 37.0 Å². The Morgan fingerprint density at radius 3 is 2.46 bits per heavy atom. The van der Waals surface area contributed by atoms with Crippen LogP contribution in [-0.4, -0.2) is 59.7 Å². The molecule has 1 fully saturated rings. The molecule has 0 bridgehead atoms. The number of likely N-dealkylation sites (tertiary alicyclic amines) is 1. The van der Waals surface area contributed by atoms with Crippen LogP contribution in [0.2, 0.25) is 0 Å². The summed E-state index contributed by atoms with van der Waals surface area (Å²) in [5, 5.41) is 0. The lowest BCUT2D eigenvalue weighted by molar-refractivity contribution is 0.0758. The highest BCUT2D eigenvalue weighted by Gasteiger charge is 2.23. The zero-order chi connectivity index (χ0) is 19.0. The Balaban J connectivity index is 2.22. The third-order valence-corrected chi connectivity index (χ3v) is 5.88. The van der Waals surface area contributed by atoms with E-state index in [0.29, 0.717) is 31.9 Å². The topological polar surface area (TPSA) is 84.9 Å². The molecule has 0 spiro atoms. The molecule has 1 saturated heterocycles. The van der Waals surface area contributed by atoms with E-state index in [2.05, 4.69) is 4.72 Å². The number of methoxy groups -OCH3 is 2. The van der Waals surface area contributed by atoms with Gasteiger partial charge in [0.15, 0.2) is 0 Å². The van der Waals surface area contributed by atoms with Gasteiger partial charge in [-0.15, -0.1) is 0 Å². The van der Waals surface area contributed by atoms with Crippen LogP contribution in [0.5, 0.6) is 5.75 Å². The highest BCUT2D eigenvalue weighted by molar-refractivity contribution is 7.89. The van der Waals surface area contributed by atoms with E-state index in [-0.39, 0.29) is 22.9 Å². The van der Waals surface area contributed by atoms with Crippen molar-refractivity contribution in [1.29, 1.82) is 0 Å². The first-order chi connectivity index (χ1) is 12.5. The summed E-state index contributed by atoms with van der Waals surface area (Å²) in [6.45, 7) is 2.13. The number of benzene rings is 1. The van der Waals surface area contributed by atoms with Gasteiger partial charge in [0.05, 0.1) is 17.6 Å². The molecule has 26 heavy (non-hydrogen) atoms. The van der Waals surface area contributed by atoms with Gasteiger partial charge in [-0.25, -0.2) is 13.1 Å². The molecule has 1 aromatic carbocycles. The van der Waals surface area contributed by atoms with E-state index in [1.54, 1.807) is 12.0 Å². The second-order valence-electron chi connectivity index (χ2n) is 6.31. The van der Waals surface area contributed by atoms with Crippen LogP contribution in [-0.2, 0) is 14.8 Å². The maximum Gasteiger partial charge on any atom is 0.257 e. The predicted molar refractivity (Wildman–Crippen MR) is 99.0 cm³/mol. The van der Waals surface area contributed by atoms with Gasteiger partial charge in [-0.05, 0) is 37.5 Å². The van der Waals surface area contributed by atoms with Crippen LogP contribution >= 0.6 is 0 Å². The molecule has 0 unspecified atom stereocenters. The molecule has 2 rings (SSSR count). The molecule has 1 heterocycles. The molecule has 7 nitrogen and oxygen atoms in total. The first-order valence-electron chi connectivity index (χ1n) is 8.95. The minimum atomic E-state index is -3.69. The average molecular weight is 384 g/mol. The van der Waals surface area contributed by atoms with E-state index in [0.717, 1.165) is 25.7 Å². The minimum Gasteiger partial charge on any atom is -0.496 e. The van der Waals surface area contributed by atoms with E-state index in [1.807, 2.05) is 0 Å². The van der Waals surface area contributed by atoms with Gasteiger partial charge in [0.2, 0.25) is 10.0 Å². The molecule has 0 aromatic heterocycles. The van der Waals surface area contributed by atoms with E-state index in [4.69, 9.17) is 9.47 Å². The fraction of sp³-hybridized carbons (Fsp3) is 0.611. The Bertz CT molecular complexity index is 698. The first kappa shape index (κ1) is 20.7. The van der Waals surface area contributed by atoms with Gasteiger partial charge in [0.1, 0.15) is 5.75 Å². The number of nitrogens with zero attached hydrogens (tertiary/aromatic N) is 1. The van der Waals surface area contributed by atoms with Crippen LogP contribution in [0, 0.1) is 0 Å². The van der Waals surface area contributed by atoms with Crippen molar-refractivity contribution in [3.63, 3.8) is 0 Å². The molecule has 1 aliphatic heterocycles. The lowest BCUT2D eigenvalue weighted by atomic mass is 10.1. The Kier molecular flexibility index (Phi) is 7.86. The summed E-state index contributed by atoms with van der Waals surface area (Å²) in [4.78, 5) is 14.8. The quantitative estimate of drug-likeness (QED) is 0.693. The second kappa shape index (κ2) is 9.89. The van der Waals surface area contributed by atoms with Gasteiger partial charge in [0, 0.05) is 33.4 Å². The maximum atomic E-state index is 12.9. The van der Waals surface area contributed by atoms with Crippen LogP contribution < -0.4 is 9.46 Å². The molecular weight excluding hydrogens is 356 g/mol. The Hall–Kier alpha value is -1.64. The number of hydrogen-bond donors (Lipinski definition) is 1. The molecule has 1 aliphatic rings. The number of sulfonamides is 1. The summed E-state index contributed by atoms with van der Waals surface area (Å²) in [6.07, 6.45) is 4.73. The molecule has 0 aliphatic carbocycles. The monoisotopic (exact) mass is 384 g/mol. The first-order valence-corrected chi connectivity index (χ1v) is 10.4. The van der Waals surface area contributed by atoms with Crippen LogP contribution in [0.3, 0.4) is 0 Å². The molecule has 1 amide bonds. The third kappa shape index (κ3) is 5.43. The number of hydrogen-bond acceptors (Lipinski definition) is 5. The van der Waals surface area contributed by atoms with Crippen molar-refractivity contribution in [3.05, 3.63) is 23.8 Å². The summed E-state index contributed by atoms with van der Waals surface area (Å²) < 4.78 is 37.7. The molecule has 0 saturated carbocycles. The summed E-state index contributed by atoms with van der Waals surface area (Å²) >= 11 is 0. The van der Waals surface area contributed by atoms with Crippen molar-refractivity contribution in [1.82, 2.24) is 9.62 Å². The lowest BCUT2D eigenvalue weighted by Gasteiger charge is -2.22. The molecule has 146 valence electrons. The normalized spacial score (nSPS) is 15.5. The van der Waals surface area contributed by atoms with Crippen LogP contribution in [0.1, 0.15) is 42.5 Å². The number of nitrogens with one attached hydrogen (secondary N) is 1. The number of carbonyl (C=O) groups is 1. The number of ether oxygens (including phenoxy) is 2. The molecule has 0 radical (unpaired) electrons. The Morgan fingerprint density at radius 2 is 1.85 bits per heavy atom. The molecular formula is C18H28N2O5S. The van der Waals surface area contributed by atoms with E-state index in [1.165, 1.54) is 25.3 Å². The zero-order valence-electron chi connectivity index (χ0n) is 15.5. The minimum absolute atomic E-state index is 0.0638. The summed E-state index contributed by atoms with van der Waals surface area (Å²) in [5.41, 5.74) is 0.286. The van der Waals surface area contributed by atoms with Gasteiger partial charge in [-0.1, -0.05) is 12.8 Å². The van der Waals surface area contributed by atoms with Crippen molar-refractivity contribution < 1.29 is 22.7 Å². The van der Waals surface area contributed by atoms with Gasteiger partial charge in [-0.3, -0.25) is 4.79 Å². The second-order valence-corrected chi connectivity index (χ2v) is 8.08. The highest BCUT2D eigenvalue weighted by Crippen LogP contribution is 2.25. The number of carbonyl (C=O) groups excluding carboxylic acids is 1. The molecule has 1 aromatic rings. The standard InChI is InChI=1S/C18H28N2O5S/c1-24-13-7-10-19-26(22,23)15-8-9-17(25-2)16(14-15)18(21)20-11-5-3-4-6-12-20/h8-9,14,19H,3-7,10-13H2,1-2H3. The number of rotatable bonds is 8. The van der Waals surface area contributed by atoms with Gasteiger partial charge in [-0.2, -0.15) is 0 Å². The van der Waals surface area contributed by atoms with Gasteiger partial charge in [0.25, 0.3) is 5.91 Å². The fourth-order valence-corrected chi connectivity index (χ4v) is 4.07. The zero-order valence-corrected chi connectivity index (χ0v) is 16.3. The van der Waals surface area contributed by atoms with Crippen LogP contribution in [0.15, 0.2) is 23.1 Å². The molecule has 1 N–H and O–H groups in total. The molecule has 0 atom stereocenters. The van der Waals surface area contributed by atoms with Crippen molar-refractivity contribution in [2.75, 3.05) is 40.5 Å². The van der Waals surface area contributed by atoms with Crippen molar-refractivity contribution >= 4 is 15.9 Å². The fourth-order valence-electron chi connectivity index (χ4n) is 2.97. The van der Waals surface area contributed by atoms with E-state index in [9.17, 15) is 13.2 Å². The van der Waals surface area contributed by atoms with Crippen LogP contribution in [0.4, 0.5) is 0 Å². The average Bonchev–Trinajstić information content (AvgIpc) is 2.93. The number of amides is 1. The smallest absolute Gasteiger partial charge is 0.257 e. The Labute approximate surface area is 155 Å². The SMILES string of the molecule is COCCCNS(=O)(=O)c1ccc(OC)c(C(=O)N2CCCCCC2)c1. The summed E-state index contributed by atoms with van der Waals surface area (Å²) in [6, 6.07) is 4.40. The Morgan fingerprint density at radius 1 is 1.15 bits per heavy atom. The van der Waals surface area contributed by atoms with Gasteiger partial charge >= 0.3 is 0 Å². The summed E-state index contributed by atoms with van der Waals surface area (Å²) in [7, 11) is -0.645. The predicted octanol–water partition coefficient (Wildman–Crippen LogP) is 2.03. The molecule has 8 heteroatoms. The van der Waals surface area contributed by atoms with E-state index >= 15 is 0 Å². The summed E-state index contributed by atoms with van der Waals surface area (Å²) in [5.74, 6) is 0.206. The van der Waals surface area contributed by atoms with Gasteiger partial charge < -0.3 is 14.4 Å². The third-order valence-electron chi connectivity index (χ3n) is 4.42. The van der Waals surface area contributed by atoms with E-state index < -0.39 is 10.0 Å². The largest absolute Gasteiger partial charge is 0.496 e. The van der Waals surface area contributed by atoms with Crippen molar-refractivity contribution in [2.24, 2.45) is 0 Å². The highest BCUT2D eigenvalue weighted by atomic mass is 32.2. The van der Waals surface area contributed by atoms with Crippen molar-refractivity contribution in [3.8, 4) is 5.75 Å². The maximum absolute atomic E-state index is 12.9. The lowest BCUT2D eigenvalue weighted by Crippen LogP contribution is -2.32.